The van der Waals surface area contributed by atoms with Gasteiger partial charge in [-0.25, -0.2) is 0 Å². The second-order valence-corrected chi connectivity index (χ2v) is 7.29. The van der Waals surface area contributed by atoms with E-state index in [1.807, 2.05) is 6.26 Å². The highest BCUT2D eigenvalue weighted by molar-refractivity contribution is 7.84. The van der Waals surface area contributed by atoms with E-state index in [0.717, 1.165) is 31.0 Å². The second kappa shape index (κ2) is 7.98. The SMILES string of the molecule is O=S1CCCCCC(CCOC=C2CCCC2)C1. The molecule has 0 bridgehead atoms. The van der Waals surface area contributed by atoms with Gasteiger partial charge in [-0.15, -0.1) is 0 Å². The first-order valence-electron chi connectivity index (χ1n) is 7.49. The van der Waals surface area contributed by atoms with Crippen LogP contribution in [0.1, 0.15) is 57.8 Å². The van der Waals surface area contributed by atoms with Crippen LogP contribution in [0.15, 0.2) is 11.8 Å². The minimum absolute atomic E-state index is 0.577. The van der Waals surface area contributed by atoms with Crippen LogP contribution < -0.4 is 0 Å². The maximum absolute atomic E-state index is 11.7. The fraction of sp³-hybridized carbons (Fsp3) is 0.867. The summed E-state index contributed by atoms with van der Waals surface area (Å²) in [5.74, 6) is 2.44. The van der Waals surface area contributed by atoms with Crippen molar-refractivity contribution in [2.24, 2.45) is 5.92 Å². The Bertz CT molecular complexity index is 291. The number of hydrogen-bond acceptors (Lipinski definition) is 2. The van der Waals surface area contributed by atoms with Crippen LogP contribution in [0.4, 0.5) is 0 Å². The number of rotatable bonds is 4. The van der Waals surface area contributed by atoms with Crippen molar-refractivity contribution < 1.29 is 8.95 Å². The van der Waals surface area contributed by atoms with Crippen molar-refractivity contribution in [2.75, 3.05) is 18.1 Å². The first kappa shape index (κ1) is 14.1. The standard InChI is InChI=1S/C15H26O2S/c16-18-11-5-1-2-8-15(13-18)9-10-17-12-14-6-3-4-7-14/h12,15H,1-11,13H2. The highest BCUT2D eigenvalue weighted by Crippen LogP contribution is 2.24. The van der Waals surface area contributed by atoms with E-state index in [4.69, 9.17) is 4.74 Å². The van der Waals surface area contributed by atoms with Gasteiger partial charge >= 0.3 is 0 Å². The van der Waals surface area contributed by atoms with Crippen molar-refractivity contribution in [3.8, 4) is 0 Å². The van der Waals surface area contributed by atoms with Gasteiger partial charge in [-0.1, -0.05) is 12.8 Å². The normalized spacial score (nSPS) is 29.7. The average Bonchev–Trinajstić information content (AvgIpc) is 2.83. The predicted octanol–water partition coefficient (Wildman–Crippen LogP) is 3.79. The first-order valence-corrected chi connectivity index (χ1v) is 8.98. The Hall–Kier alpha value is -0.310. The Morgan fingerprint density at radius 2 is 2.00 bits per heavy atom. The summed E-state index contributed by atoms with van der Waals surface area (Å²) in [4.78, 5) is 0. The summed E-state index contributed by atoms with van der Waals surface area (Å²) < 4.78 is 17.4. The van der Waals surface area contributed by atoms with Crippen LogP contribution in [0.2, 0.25) is 0 Å². The lowest BCUT2D eigenvalue weighted by atomic mass is 10.00. The summed E-state index contributed by atoms with van der Waals surface area (Å²) in [6.45, 7) is 0.811. The van der Waals surface area contributed by atoms with Crippen LogP contribution in [-0.4, -0.2) is 22.3 Å². The number of allylic oxidation sites excluding steroid dienone is 1. The molecule has 2 atom stereocenters. The molecule has 1 saturated heterocycles. The maximum Gasteiger partial charge on any atom is 0.0876 e. The van der Waals surface area contributed by atoms with Crippen LogP contribution in [0.25, 0.3) is 0 Å². The molecule has 0 aromatic heterocycles. The summed E-state index contributed by atoms with van der Waals surface area (Å²) in [7, 11) is -0.577. The first-order chi connectivity index (χ1) is 8.84. The lowest BCUT2D eigenvalue weighted by molar-refractivity contribution is 0.219. The van der Waals surface area contributed by atoms with Gasteiger partial charge in [0, 0.05) is 22.3 Å². The zero-order valence-corrected chi connectivity index (χ0v) is 12.2. The molecule has 1 aliphatic heterocycles. The highest BCUT2D eigenvalue weighted by atomic mass is 32.2. The molecule has 0 N–H and O–H groups in total. The van der Waals surface area contributed by atoms with Gasteiger partial charge in [0.05, 0.1) is 12.9 Å². The summed E-state index contributed by atoms with van der Waals surface area (Å²) in [5.41, 5.74) is 1.48. The topological polar surface area (TPSA) is 26.3 Å². The molecular formula is C15H26O2S. The molecule has 3 heteroatoms. The Balaban J connectivity index is 1.64. The lowest BCUT2D eigenvalue weighted by Gasteiger charge is -2.18. The number of hydrogen-bond donors (Lipinski definition) is 0. The van der Waals surface area contributed by atoms with Crippen molar-refractivity contribution in [1.29, 1.82) is 0 Å². The second-order valence-electron chi connectivity index (χ2n) is 5.67. The molecule has 0 amide bonds. The third kappa shape index (κ3) is 5.13. The monoisotopic (exact) mass is 270 g/mol. The molecular weight excluding hydrogens is 244 g/mol. The van der Waals surface area contributed by atoms with E-state index in [-0.39, 0.29) is 0 Å². The van der Waals surface area contributed by atoms with Crippen molar-refractivity contribution in [3.05, 3.63) is 11.8 Å². The van der Waals surface area contributed by atoms with Gasteiger partial charge < -0.3 is 4.74 Å². The molecule has 0 spiro atoms. The van der Waals surface area contributed by atoms with Crippen LogP contribution in [0.3, 0.4) is 0 Å². The summed E-state index contributed by atoms with van der Waals surface area (Å²) >= 11 is 0. The van der Waals surface area contributed by atoms with Gasteiger partial charge in [-0.2, -0.15) is 0 Å². The van der Waals surface area contributed by atoms with Gasteiger partial charge in [0.1, 0.15) is 0 Å². The Kier molecular flexibility index (Phi) is 6.25. The molecule has 2 fully saturated rings. The third-order valence-corrected chi connectivity index (χ3v) is 5.63. The molecule has 0 aromatic carbocycles. The highest BCUT2D eigenvalue weighted by Gasteiger charge is 2.15. The molecule has 1 aliphatic carbocycles. The van der Waals surface area contributed by atoms with E-state index in [0.29, 0.717) is 5.92 Å². The van der Waals surface area contributed by atoms with E-state index in [1.165, 1.54) is 50.5 Å². The minimum Gasteiger partial charge on any atom is -0.501 e. The third-order valence-electron chi connectivity index (χ3n) is 4.05. The van der Waals surface area contributed by atoms with Crippen LogP contribution in [-0.2, 0) is 15.5 Å². The molecule has 2 aliphatic rings. The zero-order valence-electron chi connectivity index (χ0n) is 11.4. The van der Waals surface area contributed by atoms with Crippen LogP contribution in [0.5, 0.6) is 0 Å². The van der Waals surface area contributed by atoms with Crippen LogP contribution >= 0.6 is 0 Å². The largest absolute Gasteiger partial charge is 0.501 e. The van der Waals surface area contributed by atoms with Gasteiger partial charge in [0.25, 0.3) is 0 Å². The summed E-state index contributed by atoms with van der Waals surface area (Å²) in [6, 6.07) is 0. The van der Waals surface area contributed by atoms with Crippen molar-refractivity contribution in [3.63, 3.8) is 0 Å². The fourth-order valence-electron chi connectivity index (χ4n) is 2.89. The van der Waals surface area contributed by atoms with Gasteiger partial charge in [0.2, 0.25) is 0 Å². The zero-order chi connectivity index (χ0) is 12.6. The Labute approximate surface area is 114 Å². The molecule has 1 saturated carbocycles. The van der Waals surface area contributed by atoms with Gasteiger partial charge in [-0.05, 0) is 56.4 Å². The van der Waals surface area contributed by atoms with Crippen molar-refractivity contribution in [2.45, 2.75) is 57.8 Å². The summed E-state index contributed by atoms with van der Waals surface area (Å²) in [6.07, 6.45) is 13.2. The van der Waals surface area contributed by atoms with E-state index in [9.17, 15) is 4.21 Å². The van der Waals surface area contributed by atoms with E-state index in [2.05, 4.69) is 0 Å². The molecule has 0 radical (unpaired) electrons. The molecule has 2 rings (SSSR count). The fourth-order valence-corrected chi connectivity index (χ4v) is 4.44. The number of ether oxygens (including phenoxy) is 1. The quantitative estimate of drug-likeness (QED) is 0.574. The van der Waals surface area contributed by atoms with E-state index >= 15 is 0 Å². The molecule has 18 heavy (non-hydrogen) atoms. The van der Waals surface area contributed by atoms with Gasteiger partial charge in [0.15, 0.2) is 0 Å². The lowest BCUT2D eigenvalue weighted by Crippen LogP contribution is -2.17. The Morgan fingerprint density at radius 3 is 2.83 bits per heavy atom. The van der Waals surface area contributed by atoms with Crippen LogP contribution in [0, 0.1) is 5.92 Å². The molecule has 2 nitrogen and oxygen atoms in total. The smallest absolute Gasteiger partial charge is 0.0876 e. The van der Waals surface area contributed by atoms with Crippen molar-refractivity contribution >= 4 is 10.8 Å². The molecule has 2 unspecified atom stereocenters. The van der Waals surface area contributed by atoms with Gasteiger partial charge in [-0.3, -0.25) is 4.21 Å². The summed E-state index contributed by atoms with van der Waals surface area (Å²) in [5, 5.41) is 0. The maximum atomic E-state index is 11.7. The average molecular weight is 270 g/mol. The van der Waals surface area contributed by atoms with E-state index in [1.54, 1.807) is 0 Å². The Morgan fingerprint density at radius 1 is 1.17 bits per heavy atom. The predicted molar refractivity (Wildman–Crippen MR) is 77.0 cm³/mol. The van der Waals surface area contributed by atoms with E-state index < -0.39 is 10.8 Å². The molecule has 104 valence electrons. The van der Waals surface area contributed by atoms with Crippen molar-refractivity contribution in [1.82, 2.24) is 0 Å². The minimum atomic E-state index is -0.577. The molecule has 1 heterocycles. The molecule has 0 aromatic rings.